The van der Waals surface area contributed by atoms with Gasteiger partial charge in [0.1, 0.15) is 0 Å². The Morgan fingerprint density at radius 1 is 1.62 bits per heavy atom. The van der Waals surface area contributed by atoms with Crippen LogP contribution in [0.4, 0.5) is 0 Å². The van der Waals surface area contributed by atoms with Gasteiger partial charge < -0.3 is 9.64 Å². The molecule has 1 saturated heterocycles. The molecule has 0 saturated carbocycles. The fourth-order valence-corrected chi connectivity index (χ4v) is 1.43. The smallest absolute Gasteiger partial charge is 0.240 e. The average molecular weight is 186 g/mol. The molecule has 1 amide bonds. The molecule has 1 rings (SSSR count). The van der Waals surface area contributed by atoms with Crippen molar-refractivity contribution in [2.75, 3.05) is 26.4 Å². The molecule has 1 aliphatic heterocycles. The monoisotopic (exact) mass is 186 g/mol. The summed E-state index contributed by atoms with van der Waals surface area (Å²) in [5.74, 6) is 0.210. The van der Waals surface area contributed by atoms with Gasteiger partial charge in [0.25, 0.3) is 0 Å². The first-order valence-corrected chi connectivity index (χ1v) is 4.89. The summed E-state index contributed by atoms with van der Waals surface area (Å²) >= 11 is 0. The van der Waals surface area contributed by atoms with Crippen molar-refractivity contribution in [1.82, 2.24) is 10.2 Å². The molecule has 1 N–H and O–H groups in total. The summed E-state index contributed by atoms with van der Waals surface area (Å²) in [6, 6.07) is 0.0293. The molecule has 1 unspecified atom stereocenters. The van der Waals surface area contributed by atoms with E-state index in [0.29, 0.717) is 26.4 Å². The average Bonchev–Trinajstić information content (AvgIpc) is 2.48. The van der Waals surface area contributed by atoms with Gasteiger partial charge in [0, 0.05) is 13.2 Å². The fraction of sp³-hybridized carbons (Fsp3) is 0.889. The minimum absolute atomic E-state index is 0.0293. The van der Waals surface area contributed by atoms with Crippen molar-refractivity contribution in [1.29, 1.82) is 0 Å². The molecule has 0 aromatic carbocycles. The number of nitrogens with zero attached hydrogens (tertiary/aromatic N) is 1. The highest BCUT2D eigenvalue weighted by atomic mass is 16.5. The van der Waals surface area contributed by atoms with E-state index in [2.05, 4.69) is 5.32 Å². The highest BCUT2D eigenvalue weighted by Crippen LogP contribution is 2.05. The second kappa shape index (κ2) is 5.19. The molecule has 1 aliphatic rings. The van der Waals surface area contributed by atoms with E-state index in [1.54, 1.807) is 0 Å². The third-order valence-electron chi connectivity index (χ3n) is 2.26. The quantitative estimate of drug-likeness (QED) is 0.623. The van der Waals surface area contributed by atoms with Crippen molar-refractivity contribution in [3.63, 3.8) is 0 Å². The maximum atomic E-state index is 11.5. The first-order valence-electron chi connectivity index (χ1n) is 4.89. The minimum Gasteiger partial charge on any atom is -0.380 e. The van der Waals surface area contributed by atoms with Gasteiger partial charge in [-0.1, -0.05) is 6.92 Å². The van der Waals surface area contributed by atoms with Crippen LogP contribution in [0.5, 0.6) is 0 Å². The molecule has 76 valence electrons. The van der Waals surface area contributed by atoms with Crippen LogP contribution in [0.3, 0.4) is 0 Å². The second-order valence-electron chi connectivity index (χ2n) is 3.12. The Kier molecular flexibility index (Phi) is 4.18. The number of hydrogen-bond acceptors (Lipinski definition) is 3. The van der Waals surface area contributed by atoms with Gasteiger partial charge in [0.15, 0.2) is 0 Å². The molecule has 0 bridgehead atoms. The molecule has 0 radical (unpaired) electrons. The Hall–Kier alpha value is -0.610. The lowest BCUT2D eigenvalue weighted by Crippen LogP contribution is -2.32. The predicted molar refractivity (Wildman–Crippen MR) is 50.3 cm³/mol. The Morgan fingerprint density at radius 3 is 2.92 bits per heavy atom. The summed E-state index contributed by atoms with van der Waals surface area (Å²) in [6.07, 6.45) is 0.865. The molecule has 4 nitrogen and oxygen atoms in total. The first kappa shape index (κ1) is 10.5. The Labute approximate surface area is 79.2 Å². The Bertz CT molecular complexity index is 173. The van der Waals surface area contributed by atoms with Crippen LogP contribution in [0.2, 0.25) is 0 Å². The van der Waals surface area contributed by atoms with Gasteiger partial charge in [-0.15, -0.1) is 0 Å². The third-order valence-corrected chi connectivity index (χ3v) is 2.26. The molecule has 0 spiro atoms. The van der Waals surface area contributed by atoms with E-state index >= 15 is 0 Å². The minimum atomic E-state index is 0.0293. The Morgan fingerprint density at radius 2 is 2.38 bits per heavy atom. The maximum Gasteiger partial charge on any atom is 0.240 e. The van der Waals surface area contributed by atoms with Crippen molar-refractivity contribution < 1.29 is 9.53 Å². The van der Waals surface area contributed by atoms with Crippen LogP contribution in [0, 0.1) is 0 Å². The largest absolute Gasteiger partial charge is 0.380 e. The summed E-state index contributed by atoms with van der Waals surface area (Å²) < 4.78 is 5.19. The number of amides is 1. The van der Waals surface area contributed by atoms with Crippen LogP contribution in [0.25, 0.3) is 0 Å². The van der Waals surface area contributed by atoms with Crippen LogP contribution in [-0.4, -0.2) is 43.3 Å². The van der Waals surface area contributed by atoms with Crippen LogP contribution < -0.4 is 5.32 Å². The zero-order valence-corrected chi connectivity index (χ0v) is 8.38. The van der Waals surface area contributed by atoms with Gasteiger partial charge in [-0.25, -0.2) is 0 Å². The standard InChI is InChI=1S/C9H18N2O2/c1-3-8-9(12)11(7-10-8)5-6-13-4-2/h8,10H,3-7H2,1-2H3. The zero-order valence-electron chi connectivity index (χ0n) is 8.38. The summed E-state index contributed by atoms with van der Waals surface area (Å²) in [7, 11) is 0. The molecule has 1 heterocycles. The lowest BCUT2D eigenvalue weighted by Gasteiger charge is -2.14. The van der Waals surface area contributed by atoms with Gasteiger partial charge in [0.05, 0.1) is 19.3 Å². The second-order valence-corrected chi connectivity index (χ2v) is 3.12. The third kappa shape index (κ3) is 2.67. The van der Waals surface area contributed by atoms with E-state index in [1.165, 1.54) is 0 Å². The van der Waals surface area contributed by atoms with Crippen LogP contribution in [0.1, 0.15) is 20.3 Å². The molecule has 13 heavy (non-hydrogen) atoms. The maximum absolute atomic E-state index is 11.5. The van der Waals surface area contributed by atoms with Crippen molar-refractivity contribution in [2.45, 2.75) is 26.3 Å². The molecule has 1 atom stereocenters. The van der Waals surface area contributed by atoms with Crippen molar-refractivity contribution in [3.05, 3.63) is 0 Å². The number of ether oxygens (including phenoxy) is 1. The number of nitrogens with one attached hydrogen (secondary N) is 1. The summed E-state index contributed by atoms with van der Waals surface area (Å²) in [5, 5.41) is 3.15. The molecule has 4 heteroatoms. The van der Waals surface area contributed by atoms with E-state index in [1.807, 2.05) is 18.7 Å². The van der Waals surface area contributed by atoms with E-state index < -0.39 is 0 Å². The van der Waals surface area contributed by atoms with Crippen molar-refractivity contribution in [2.24, 2.45) is 0 Å². The molecular weight excluding hydrogens is 168 g/mol. The van der Waals surface area contributed by atoms with Crippen molar-refractivity contribution in [3.8, 4) is 0 Å². The molecule has 0 aliphatic carbocycles. The van der Waals surface area contributed by atoms with Crippen LogP contribution in [0.15, 0.2) is 0 Å². The van der Waals surface area contributed by atoms with Gasteiger partial charge in [-0.2, -0.15) is 0 Å². The van der Waals surface area contributed by atoms with Gasteiger partial charge >= 0.3 is 0 Å². The van der Waals surface area contributed by atoms with Gasteiger partial charge in [-0.3, -0.25) is 10.1 Å². The Balaban J connectivity index is 2.24. The van der Waals surface area contributed by atoms with Gasteiger partial charge in [0.2, 0.25) is 5.91 Å². The van der Waals surface area contributed by atoms with E-state index in [9.17, 15) is 4.79 Å². The highest BCUT2D eigenvalue weighted by Gasteiger charge is 2.28. The predicted octanol–water partition coefficient (Wildman–Crippen LogP) is 0.191. The highest BCUT2D eigenvalue weighted by molar-refractivity contribution is 5.83. The first-order chi connectivity index (χ1) is 6.29. The van der Waals surface area contributed by atoms with Crippen molar-refractivity contribution >= 4 is 5.91 Å². The summed E-state index contributed by atoms with van der Waals surface area (Å²) in [4.78, 5) is 13.3. The van der Waals surface area contributed by atoms with E-state index in [0.717, 1.165) is 6.42 Å². The summed E-state index contributed by atoms with van der Waals surface area (Å²) in [5.41, 5.74) is 0. The normalized spacial score (nSPS) is 22.8. The lowest BCUT2D eigenvalue weighted by molar-refractivity contribution is -0.129. The van der Waals surface area contributed by atoms with Crippen LogP contribution >= 0.6 is 0 Å². The molecule has 1 fully saturated rings. The topological polar surface area (TPSA) is 41.6 Å². The number of rotatable bonds is 5. The summed E-state index contributed by atoms with van der Waals surface area (Å²) in [6.45, 7) is 6.70. The number of carbonyl (C=O) groups is 1. The zero-order chi connectivity index (χ0) is 9.68. The number of hydrogen-bond donors (Lipinski definition) is 1. The number of carbonyl (C=O) groups excluding carboxylic acids is 1. The van der Waals surface area contributed by atoms with Gasteiger partial charge in [-0.05, 0) is 13.3 Å². The van der Waals surface area contributed by atoms with Crippen LogP contribution in [-0.2, 0) is 9.53 Å². The lowest BCUT2D eigenvalue weighted by atomic mass is 10.2. The van der Waals surface area contributed by atoms with E-state index in [-0.39, 0.29) is 11.9 Å². The SMILES string of the molecule is CCOCCN1CNC(CC)C1=O. The molecule has 0 aromatic heterocycles. The fourth-order valence-electron chi connectivity index (χ4n) is 1.43. The molecule has 0 aromatic rings. The van der Waals surface area contributed by atoms with E-state index in [4.69, 9.17) is 4.74 Å². The molecular formula is C9H18N2O2.